The van der Waals surface area contributed by atoms with Gasteiger partial charge in [0.1, 0.15) is 11.9 Å². The van der Waals surface area contributed by atoms with Crippen molar-refractivity contribution < 1.29 is 33.3 Å². The maximum atomic E-state index is 14.1. The summed E-state index contributed by atoms with van der Waals surface area (Å²) >= 11 is 0. The predicted molar refractivity (Wildman–Crippen MR) is 139 cm³/mol. The molecule has 4 aliphatic rings. The molecule has 6 rings (SSSR count). The minimum absolute atomic E-state index is 0.0114. The Bertz CT molecular complexity index is 1240. The zero-order chi connectivity index (χ0) is 26.3. The summed E-state index contributed by atoms with van der Waals surface area (Å²) in [5.41, 5.74) is 2.03. The van der Waals surface area contributed by atoms with Crippen LogP contribution in [0.25, 0.3) is 0 Å². The van der Waals surface area contributed by atoms with Gasteiger partial charge in [-0.15, -0.1) is 0 Å². The van der Waals surface area contributed by atoms with E-state index in [1.54, 1.807) is 7.11 Å². The van der Waals surface area contributed by atoms with Gasteiger partial charge in [-0.2, -0.15) is 0 Å². The summed E-state index contributed by atoms with van der Waals surface area (Å²) in [6, 6.07) is 9.48. The monoisotopic (exact) mass is 525 g/mol. The Labute approximate surface area is 218 Å². The number of phenols is 1. The van der Waals surface area contributed by atoms with Crippen molar-refractivity contribution in [2.75, 3.05) is 13.9 Å². The van der Waals surface area contributed by atoms with Crippen molar-refractivity contribution in [3.63, 3.8) is 0 Å². The van der Waals surface area contributed by atoms with Gasteiger partial charge < -0.3 is 33.4 Å². The van der Waals surface area contributed by atoms with Crippen LogP contribution in [0, 0.1) is 0 Å². The number of hydrogen-bond acceptors (Lipinski definition) is 7. The normalized spacial score (nSPS) is 27.9. The van der Waals surface area contributed by atoms with Crippen LogP contribution in [0.3, 0.4) is 0 Å². The lowest BCUT2D eigenvalue weighted by Gasteiger charge is -2.49. The van der Waals surface area contributed by atoms with Crippen LogP contribution < -0.4 is 14.2 Å². The minimum Gasteiger partial charge on any atom is -0.504 e. The van der Waals surface area contributed by atoms with Crippen LogP contribution in [0.5, 0.6) is 23.0 Å². The van der Waals surface area contributed by atoms with Gasteiger partial charge in [-0.25, -0.2) is 0 Å². The Morgan fingerprint density at radius 2 is 1.89 bits per heavy atom. The lowest BCUT2D eigenvalue weighted by molar-refractivity contribution is 0.0310. The first-order valence-electron chi connectivity index (χ1n) is 12.9. The summed E-state index contributed by atoms with van der Waals surface area (Å²) in [5.74, 6) is 0.928. The number of rotatable bonds is 5. The molecule has 2 fully saturated rings. The summed E-state index contributed by atoms with van der Waals surface area (Å²) in [4.78, 5) is 15.9. The topological polar surface area (TPSA) is 90.0 Å². The minimum atomic E-state index is -2.18. The number of methoxy groups -OCH3 is 1. The van der Waals surface area contributed by atoms with Gasteiger partial charge in [-0.3, -0.25) is 4.79 Å². The SMILES string of the molecule is COc1ccc(CN2C(=O)c3c(cc4c(c3O)OCO4)[C@H]3[C@H](O[Si](C)(C)C(C)(C)C)[C@@H]4O[C@@H]4C[C@@H]32)cc1. The average molecular weight is 526 g/mol. The van der Waals surface area contributed by atoms with E-state index in [1.165, 1.54) is 0 Å². The van der Waals surface area contributed by atoms with Crippen LogP contribution >= 0.6 is 0 Å². The molecule has 198 valence electrons. The molecule has 5 atom stereocenters. The summed E-state index contributed by atoms with van der Waals surface area (Å²) in [7, 11) is -0.545. The molecule has 0 radical (unpaired) electrons. The first-order chi connectivity index (χ1) is 17.5. The Kier molecular flexibility index (Phi) is 5.56. The Balaban J connectivity index is 1.46. The smallest absolute Gasteiger partial charge is 0.258 e. The molecular weight excluding hydrogens is 490 g/mol. The summed E-state index contributed by atoms with van der Waals surface area (Å²) in [5, 5.41) is 11.3. The molecule has 3 heterocycles. The highest BCUT2D eigenvalue weighted by Gasteiger charge is 2.62. The van der Waals surface area contributed by atoms with Crippen LogP contribution in [0.4, 0.5) is 0 Å². The molecule has 8 nitrogen and oxygen atoms in total. The first-order valence-corrected chi connectivity index (χ1v) is 15.8. The van der Waals surface area contributed by atoms with E-state index in [0.717, 1.165) is 23.3 Å². The molecule has 3 aliphatic heterocycles. The molecule has 37 heavy (non-hydrogen) atoms. The van der Waals surface area contributed by atoms with Gasteiger partial charge >= 0.3 is 0 Å². The van der Waals surface area contributed by atoms with Crippen LogP contribution in [0.15, 0.2) is 30.3 Å². The van der Waals surface area contributed by atoms with Gasteiger partial charge in [-0.1, -0.05) is 32.9 Å². The first kappa shape index (κ1) is 24.6. The third-order valence-corrected chi connectivity index (χ3v) is 13.3. The number of ether oxygens (including phenoxy) is 4. The number of carbonyl (C=O) groups is 1. The summed E-state index contributed by atoms with van der Waals surface area (Å²) in [6.07, 6.45) is 0.538. The number of hydrogen-bond donors (Lipinski definition) is 1. The van der Waals surface area contributed by atoms with Crippen molar-refractivity contribution in [1.82, 2.24) is 4.90 Å². The quantitative estimate of drug-likeness (QED) is 0.443. The molecule has 0 aromatic heterocycles. The zero-order valence-corrected chi connectivity index (χ0v) is 23.2. The number of epoxide rings is 1. The molecule has 1 amide bonds. The fourth-order valence-electron chi connectivity index (χ4n) is 5.75. The fraction of sp³-hybridized carbons (Fsp3) is 0.536. The Hall–Kier alpha value is -2.75. The molecule has 2 aromatic rings. The van der Waals surface area contributed by atoms with E-state index in [-0.39, 0.29) is 65.1 Å². The number of aromatic hydroxyl groups is 1. The Morgan fingerprint density at radius 3 is 2.57 bits per heavy atom. The van der Waals surface area contributed by atoms with Crippen LogP contribution in [0.1, 0.15) is 54.6 Å². The van der Waals surface area contributed by atoms with E-state index in [0.29, 0.717) is 12.3 Å². The van der Waals surface area contributed by atoms with Crippen molar-refractivity contribution in [3.8, 4) is 23.0 Å². The molecule has 2 aromatic carbocycles. The molecule has 1 aliphatic carbocycles. The van der Waals surface area contributed by atoms with Gasteiger partial charge in [0.05, 0.1) is 24.9 Å². The van der Waals surface area contributed by atoms with Gasteiger partial charge in [0, 0.05) is 18.5 Å². The molecule has 1 saturated heterocycles. The molecular formula is C28H35NO7Si. The van der Waals surface area contributed by atoms with E-state index in [9.17, 15) is 9.90 Å². The number of fused-ring (bicyclic) bond motifs is 5. The second kappa shape index (κ2) is 8.38. The van der Waals surface area contributed by atoms with Gasteiger partial charge in [0.15, 0.2) is 19.8 Å². The fourth-order valence-corrected chi connectivity index (χ4v) is 7.06. The predicted octanol–water partition coefficient (Wildman–Crippen LogP) is 4.80. The highest BCUT2D eigenvalue weighted by atomic mass is 28.4. The van der Waals surface area contributed by atoms with E-state index in [4.69, 9.17) is 23.4 Å². The average Bonchev–Trinajstić information content (AvgIpc) is 3.47. The van der Waals surface area contributed by atoms with Crippen LogP contribution in [-0.2, 0) is 15.7 Å². The Morgan fingerprint density at radius 1 is 1.16 bits per heavy atom. The van der Waals surface area contributed by atoms with Gasteiger partial charge in [0.25, 0.3) is 5.91 Å². The summed E-state index contributed by atoms with van der Waals surface area (Å²) in [6.45, 7) is 11.6. The third-order valence-electron chi connectivity index (χ3n) is 8.84. The molecule has 0 bridgehead atoms. The highest BCUT2D eigenvalue weighted by molar-refractivity contribution is 6.74. The van der Waals surface area contributed by atoms with E-state index in [1.807, 2.05) is 35.2 Å². The number of amides is 1. The zero-order valence-electron chi connectivity index (χ0n) is 22.2. The summed E-state index contributed by atoms with van der Waals surface area (Å²) < 4.78 is 29.7. The standard InChI is InChI=1S/C28H35NO7Si/c1-28(2,3)37(5,6)36-26-21-17-11-19-24(34-14-33-19)23(30)22(17)27(31)29(18(21)12-20-25(26)35-20)13-15-7-9-16(32-4)10-8-15/h7-11,18,20-21,25-26,30H,12-14H2,1-6H3/t18-,20+,21+,25+,26-/m0/s1. The molecule has 1 N–H and O–H groups in total. The van der Waals surface area contributed by atoms with Gasteiger partial charge in [0.2, 0.25) is 12.5 Å². The molecule has 0 unspecified atom stereocenters. The van der Waals surface area contributed by atoms with Crippen molar-refractivity contribution in [2.24, 2.45) is 0 Å². The molecule has 0 spiro atoms. The number of carbonyl (C=O) groups excluding carboxylic acids is 1. The largest absolute Gasteiger partial charge is 0.504 e. The van der Waals surface area contributed by atoms with Crippen molar-refractivity contribution in [2.45, 2.75) is 82.1 Å². The molecule has 1 saturated carbocycles. The van der Waals surface area contributed by atoms with Crippen molar-refractivity contribution in [3.05, 3.63) is 47.0 Å². The number of benzene rings is 2. The molecule has 9 heteroatoms. The third kappa shape index (κ3) is 3.90. The van der Waals surface area contributed by atoms with Crippen molar-refractivity contribution >= 4 is 14.2 Å². The van der Waals surface area contributed by atoms with Crippen LogP contribution in [0.2, 0.25) is 18.1 Å². The number of phenolic OH excluding ortho intramolecular Hbond substituents is 1. The van der Waals surface area contributed by atoms with Crippen molar-refractivity contribution in [1.29, 1.82) is 0 Å². The second-order valence-corrected chi connectivity index (χ2v) is 16.8. The maximum Gasteiger partial charge on any atom is 0.258 e. The lowest BCUT2D eigenvalue weighted by Crippen LogP contribution is -2.57. The van der Waals surface area contributed by atoms with Gasteiger partial charge in [-0.05, 0) is 53.9 Å². The van der Waals surface area contributed by atoms with E-state index >= 15 is 0 Å². The highest BCUT2D eigenvalue weighted by Crippen LogP contribution is 2.56. The number of nitrogens with zero attached hydrogens (tertiary/aromatic N) is 1. The van der Waals surface area contributed by atoms with E-state index < -0.39 is 8.32 Å². The lowest BCUT2D eigenvalue weighted by atomic mass is 9.72. The van der Waals surface area contributed by atoms with E-state index in [2.05, 4.69) is 33.9 Å². The second-order valence-electron chi connectivity index (χ2n) is 12.0. The van der Waals surface area contributed by atoms with Crippen LogP contribution in [-0.4, -0.2) is 62.5 Å². The maximum absolute atomic E-state index is 14.1.